The standard InChI is InChI=1S/C20H18Cl2N2OS/c1-12(2)14-5-3-13(4-6-14)9-19(25)24-20-23-18(11-26-20)16-10-15(21)7-8-17(16)22/h3-8,10-12H,9H2,1-2H3,(H,23,24,25). The van der Waals surface area contributed by atoms with Crippen LogP contribution in [0.3, 0.4) is 0 Å². The molecule has 0 aliphatic rings. The van der Waals surface area contributed by atoms with Crippen LogP contribution in [-0.4, -0.2) is 10.9 Å². The molecule has 3 rings (SSSR count). The highest BCUT2D eigenvalue weighted by Crippen LogP contribution is 2.32. The van der Waals surface area contributed by atoms with Gasteiger partial charge in [-0.25, -0.2) is 4.98 Å². The minimum atomic E-state index is -0.0969. The first-order chi connectivity index (χ1) is 12.4. The van der Waals surface area contributed by atoms with Crippen LogP contribution in [0.2, 0.25) is 10.0 Å². The number of thiazole rings is 1. The summed E-state index contributed by atoms with van der Waals surface area (Å²) in [5.74, 6) is 0.380. The first-order valence-electron chi connectivity index (χ1n) is 8.22. The Bertz CT molecular complexity index is 920. The fourth-order valence-electron chi connectivity index (χ4n) is 2.52. The van der Waals surface area contributed by atoms with Gasteiger partial charge in [-0.3, -0.25) is 4.79 Å². The summed E-state index contributed by atoms with van der Waals surface area (Å²) in [7, 11) is 0. The van der Waals surface area contributed by atoms with Crippen LogP contribution < -0.4 is 5.32 Å². The van der Waals surface area contributed by atoms with E-state index in [9.17, 15) is 4.79 Å². The van der Waals surface area contributed by atoms with E-state index in [0.29, 0.717) is 33.2 Å². The van der Waals surface area contributed by atoms with E-state index in [1.807, 2.05) is 17.5 Å². The third-order valence-electron chi connectivity index (χ3n) is 3.97. The van der Waals surface area contributed by atoms with Gasteiger partial charge in [-0.15, -0.1) is 11.3 Å². The Kier molecular flexibility index (Phi) is 5.97. The summed E-state index contributed by atoms with van der Waals surface area (Å²) in [6.07, 6.45) is 0.311. The number of anilines is 1. The summed E-state index contributed by atoms with van der Waals surface area (Å²) in [5.41, 5.74) is 3.68. The minimum absolute atomic E-state index is 0.0969. The Balaban J connectivity index is 1.67. The number of nitrogens with one attached hydrogen (secondary N) is 1. The van der Waals surface area contributed by atoms with Gasteiger partial charge in [0.1, 0.15) is 0 Å². The quantitative estimate of drug-likeness (QED) is 0.532. The first kappa shape index (κ1) is 18.9. The minimum Gasteiger partial charge on any atom is -0.302 e. The van der Waals surface area contributed by atoms with Gasteiger partial charge in [0.25, 0.3) is 0 Å². The molecule has 0 aliphatic heterocycles. The van der Waals surface area contributed by atoms with Gasteiger partial charge in [0, 0.05) is 16.0 Å². The maximum Gasteiger partial charge on any atom is 0.230 e. The van der Waals surface area contributed by atoms with Crippen molar-refractivity contribution in [1.82, 2.24) is 4.98 Å². The molecule has 0 saturated carbocycles. The molecule has 0 saturated heterocycles. The molecular formula is C20H18Cl2N2OS. The number of amides is 1. The molecule has 2 aromatic carbocycles. The van der Waals surface area contributed by atoms with Crippen molar-refractivity contribution in [2.45, 2.75) is 26.2 Å². The number of halogens is 2. The molecule has 0 aliphatic carbocycles. The first-order valence-corrected chi connectivity index (χ1v) is 9.85. The Morgan fingerprint density at radius 3 is 2.58 bits per heavy atom. The summed E-state index contributed by atoms with van der Waals surface area (Å²) < 4.78 is 0. The summed E-state index contributed by atoms with van der Waals surface area (Å²) in [6.45, 7) is 4.29. The zero-order valence-electron chi connectivity index (χ0n) is 14.4. The van der Waals surface area contributed by atoms with Gasteiger partial charge >= 0.3 is 0 Å². The SMILES string of the molecule is CC(C)c1ccc(CC(=O)Nc2nc(-c3cc(Cl)ccc3Cl)cs2)cc1. The Morgan fingerprint density at radius 1 is 1.15 bits per heavy atom. The van der Waals surface area contributed by atoms with Crippen molar-refractivity contribution in [1.29, 1.82) is 0 Å². The summed E-state index contributed by atoms with van der Waals surface area (Å²) in [4.78, 5) is 16.7. The third kappa shape index (κ3) is 4.64. The van der Waals surface area contributed by atoms with Crippen LogP contribution in [0.1, 0.15) is 30.9 Å². The number of carbonyl (C=O) groups excluding carboxylic acids is 1. The van der Waals surface area contributed by atoms with Crippen LogP contribution in [0, 0.1) is 0 Å². The number of aromatic nitrogens is 1. The number of hydrogen-bond acceptors (Lipinski definition) is 3. The molecule has 1 heterocycles. The normalized spacial score (nSPS) is 11.0. The summed E-state index contributed by atoms with van der Waals surface area (Å²) in [6, 6.07) is 13.3. The van der Waals surface area contributed by atoms with Gasteiger partial charge in [-0.1, -0.05) is 61.3 Å². The largest absolute Gasteiger partial charge is 0.302 e. The van der Waals surface area contributed by atoms with Crippen LogP contribution in [0.5, 0.6) is 0 Å². The number of benzene rings is 2. The van der Waals surface area contributed by atoms with Crippen molar-refractivity contribution in [2.24, 2.45) is 0 Å². The predicted octanol–water partition coefficient (Wildman–Crippen LogP) is 6.42. The van der Waals surface area contributed by atoms with Gasteiger partial charge in [0.2, 0.25) is 5.91 Å². The second-order valence-electron chi connectivity index (χ2n) is 6.28. The van der Waals surface area contributed by atoms with Crippen molar-refractivity contribution in [3.63, 3.8) is 0 Å². The summed E-state index contributed by atoms with van der Waals surface area (Å²) in [5, 5.41) is 6.40. The molecule has 1 N–H and O–H groups in total. The average molecular weight is 405 g/mol. The lowest BCUT2D eigenvalue weighted by Gasteiger charge is -2.07. The molecule has 0 radical (unpaired) electrons. The van der Waals surface area contributed by atoms with Crippen molar-refractivity contribution >= 4 is 45.6 Å². The van der Waals surface area contributed by atoms with Gasteiger partial charge in [0.15, 0.2) is 5.13 Å². The number of carbonyl (C=O) groups is 1. The predicted molar refractivity (Wildman–Crippen MR) is 110 cm³/mol. The molecule has 1 amide bonds. The van der Waals surface area contributed by atoms with Crippen LogP contribution >= 0.6 is 34.5 Å². The maximum atomic E-state index is 12.3. The van der Waals surface area contributed by atoms with E-state index >= 15 is 0 Å². The Hall–Kier alpha value is -1.88. The molecular weight excluding hydrogens is 387 g/mol. The van der Waals surface area contributed by atoms with Crippen molar-refractivity contribution in [3.8, 4) is 11.3 Å². The van der Waals surface area contributed by atoms with Gasteiger partial charge in [0.05, 0.1) is 17.1 Å². The van der Waals surface area contributed by atoms with Crippen LogP contribution in [0.25, 0.3) is 11.3 Å². The molecule has 0 bridgehead atoms. The highest BCUT2D eigenvalue weighted by molar-refractivity contribution is 7.14. The van der Waals surface area contributed by atoms with Gasteiger partial charge < -0.3 is 5.32 Å². The van der Waals surface area contributed by atoms with E-state index < -0.39 is 0 Å². The number of nitrogens with zero attached hydrogens (tertiary/aromatic N) is 1. The fourth-order valence-corrected chi connectivity index (χ4v) is 3.63. The van der Waals surface area contributed by atoms with Crippen LogP contribution in [0.4, 0.5) is 5.13 Å². The fraction of sp³-hybridized carbons (Fsp3) is 0.200. The second kappa shape index (κ2) is 8.21. The van der Waals surface area contributed by atoms with Crippen molar-refractivity contribution in [2.75, 3.05) is 5.32 Å². The lowest BCUT2D eigenvalue weighted by Crippen LogP contribution is -2.14. The maximum absolute atomic E-state index is 12.3. The van der Waals surface area contributed by atoms with E-state index in [1.165, 1.54) is 16.9 Å². The molecule has 1 aromatic heterocycles. The Labute approximate surface area is 167 Å². The number of rotatable bonds is 5. The van der Waals surface area contributed by atoms with E-state index in [4.69, 9.17) is 23.2 Å². The third-order valence-corrected chi connectivity index (χ3v) is 5.29. The highest BCUT2D eigenvalue weighted by Gasteiger charge is 2.12. The van der Waals surface area contributed by atoms with Crippen molar-refractivity contribution in [3.05, 3.63) is 69.0 Å². The zero-order valence-corrected chi connectivity index (χ0v) is 16.8. The van der Waals surface area contributed by atoms with Crippen LogP contribution in [-0.2, 0) is 11.2 Å². The Morgan fingerprint density at radius 2 is 1.88 bits per heavy atom. The van der Waals surface area contributed by atoms with E-state index in [2.05, 4.69) is 36.3 Å². The highest BCUT2D eigenvalue weighted by atomic mass is 35.5. The van der Waals surface area contributed by atoms with Crippen molar-refractivity contribution < 1.29 is 4.79 Å². The topological polar surface area (TPSA) is 42.0 Å². The summed E-state index contributed by atoms with van der Waals surface area (Å²) >= 11 is 13.6. The lowest BCUT2D eigenvalue weighted by atomic mass is 10.0. The molecule has 0 atom stereocenters. The van der Waals surface area contributed by atoms with Crippen LogP contribution in [0.15, 0.2) is 47.8 Å². The number of hydrogen-bond donors (Lipinski definition) is 1. The molecule has 134 valence electrons. The molecule has 3 aromatic rings. The lowest BCUT2D eigenvalue weighted by molar-refractivity contribution is -0.115. The molecule has 6 heteroatoms. The molecule has 3 nitrogen and oxygen atoms in total. The molecule has 0 unspecified atom stereocenters. The van der Waals surface area contributed by atoms with Gasteiger partial charge in [-0.05, 0) is 35.2 Å². The average Bonchev–Trinajstić information content (AvgIpc) is 3.05. The van der Waals surface area contributed by atoms with E-state index in [0.717, 1.165) is 11.1 Å². The second-order valence-corrected chi connectivity index (χ2v) is 7.99. The smallest absolute Gasteiger partial charge is 0.230 e. The molecule has 26 heavy (non-hydrogen) atoms. The van der Waals surface area contributed by atoms with Gasteiger partial charge in [-0.2, -0.15) is 0 Å². The van der Waals surface area contributed by atoms with E-state index in [1.54, 1.807) is 18.2 Å². The monoisotopic (exact) mass is 404 g/mol. The molecule has 0 spiro atoms. The molecule has 0 fully saturated rings. The van der Waals surface area contributed by atoms with E-state index in [-0.39, 0.29) is 5.91 Å². The zero-order chi connectivity index (χ0) is 18.7.